The van der Waals surface area contributed by atoms with E-state index in [1.165, 1.54) is 22.9 Å². The van der Waals surface area contributed by atoms with Crippen LogP contribution in [-0.2, 0) is 4.79 Å². The van der Waals surface area contributed by atoms with E-state index in [9.17, 15) is 35.9 Å². The molecule has 0 fully saturated rings. The molecule has 116 valence electrons. The lowest BCUT2D eigenvalue weighted by atomic mass is 10.3. The summed E-state index contributed by atoms with van der Waals surface area (Å²) in [7, 11) is 0. The number of halogens is 6. The summed E-state index contributed by atoms with van der Waals surface area (Å²) >= 11 is 0.909. The molecule has 0 aromatic carbocycles. The van der Waals surface area contributed by atoms with Gasteiger partial charge in [-0.1, -0.05) is 6.07 Å². The number of hydrogen-bond donors (Lipinski definition) is 2. The van der Waals surface area contributed by atoms with Gasteiger partial charge in [-0.25, -0.2) is 0 Å². The molecule has 0 saturated carbocycles. The van der Waals surface area contributed by atoms with Gasteiger partial charge in [0.15, 0.2) is 0 Å². The molecule has 0 saturated heterocycles. The molecule has 0 bridgehead atoms. The predicted octanol–water partition coefficient (Wildman–Crippen LogP) is 2.56. The molecule has 0 radical (unpaired) electrons. The molecule has 0 spiro atoms. The second-order valence-electron chi connectivity index (χ2n) is 3.47. The normalized spacial score (nSPS) is 13.0. The lowest BCUT2D eigenvalue weighted by Crippen LogP contribution is -2.41. The smallest absolute Gasteiger partial charge is 0.294 e. The van der Waals surface area contributed by atoms with Gasteiger partial charge >= 0.3 is 12.4 Å². The number of hydrazine groups is 1. The lowest BCUT2D eigenvalue weighted by Gasteiger charge is -2.14. The van der Waals surface area contributed by atoms with Gasteiger partial charge in [-0.2, -0.15) is 26.3 Å². The van der Waals surface area contributed by atoms with E-state index in [0.717, 1.165) is 11.3 Å². The molecule has 0 aliphatic rings. The van der Waals surface area contributed by atoms with E-state index < -0.39 is 35.8 Å². The molecule has 2 N–H and O–H groups in total. The third-order valence-electron chi connectivity index (χ3n) is 1.92. The fourth-order valence-corrected chi connectivity index (χ4v) is 1.61. The van der Waals surface area contributed by atoms with Gasteiger partial charge in [0, 0.05) is 6.08 Å². The first-order chi connectivity index (χ1) is 9.51. The van der Waals surface area contributed by atoms with Gasteiger partial charge in [0.1, 0.15) is 5.70 Å². The van der Waals surface area contributed by atoms with Gasteiger partial charge in [0.25, 0.3) is 11.7 Å². The molecule has 1 aromatic rings. The number of hydrogen-bond acceptors (Lipinski definition) is 4. The summed E-state index contributed by atoms with van der Waals surface area (Å²) in [6, 6.07) is 2.74. The number of amides is 1. The van der Waals surface area contributed by atoms with Gasteiger partial charge in [-0.05, 0) is 11.4 Å². The Kier molecular flexibility index (Phi) is 4.99. The molecular weight excluding hydrogens is 326 g/mol. The van der Waals surface area contributed by atoms with Gasteiger partial charge < -0.3 is 0 Å². The number of carbonyl (C=O) groups excluding carboxylic acids is 2. The molecule has 4 nitrogen and oxygen atoms in total. The van der Waals surface area contributed by atoms with E-state index in [1.807, 2.05) is 0 Å². The Morgan fingerprint density at radius 2 is 1.67 bits per heavy atom. The van der Waals surface area contributed by atoms with E-state index in [-0.39, 0.29) is 4.88 Å². The maximum atomic E-state index is 12.5. The summed E-state index contributed by atoms with van der Waals surface area (Å²) in [6.45, 7) is 0. The minimum absolute atomic E-state index is 0.0335. The first-order valence-electron chi connectivity index (χ1n) is 5.01. The van der Waals surface area contributed by atoms with Crippen LogP contribution in [0.5, 0.6) is 0 Å². The molecule has 1 aromatic heterocycles. The average molecular weight is 332 g/mol. The molecular formula is C10H6F6N2O2S. The first kappa shape index (κ1) is 17.0. The minimum Gasteiger partial charge on any atom is -0.294 e. The van der Waals surface area contributed by atoms with Crippen LogP contribution in [0.2, 0.25) is 0 Å². The van der Waals surface area contributed by atoms with Crippen LogP contribution in [0.3, 0.4) is 0 Å². The zero-order valence-electron chi connectivity index (χ0n) is 9.80. The van der Waals surface area contributed by atoms with Gasteiger partial charge in [-0.3, -0.25) is 20.4 Å². The number of allylic oxidation sites excluding steroid dienone is 2. The summed E-state index contributed by atoms with van der Waals surface area (Å²) in [4.78, 5) is 21.9. The molecule has 1 amide bonds. The van der Waals surface area contributed by atoms with Gasteiger partial charge in [-0.15, -0.1) is 11.3 Å². The molecule has 0 aliphatic carbocycles. The highest BCUT2D eigenvalue weighted by Crippen LogP contribution is 2.25. The molecule has 21 heavy (non-hydrogen) atoms. The molecule has 0 atom stereocenters. The fraction of sp³-hybridized carbons (Fsp3) is 0.200. The number of ketones is 1. The van der Waals surface area contributed by atoms with E-state index >= 15 is 0 Å². The van der Waals surface area contributed by atoms with Crippen molar-refractivity contribution in [1.82, 2.24) is 10.9 Å². The van der Waals surface area contributed by atoms with Crippen molar-refractivity contribution >= 4 is 23.0 Å². The Labute approximate surface area is 117 Å². The maximum absolute atomic E-state index is 12.5. The SMILES string of the molecule is O=C(NN/C(=C/C(=O)C(F)(F)F)C(F)(F)F)c1cccs1. The summed E-state index contributed by atoms with van der Waals surface area (Å²) in [6.07, 6.45) is -11.4. The number of alkyl halides is 6. The Balaban J connectivity index is 2.84. The van der Waals surface area contributed by atoms with Gasteiger partial charge in [0.2, 0.25) is 0 Å². The Morgan fingerprint density at radius 3 is 2.10 bits per heavy atom. The molecule has 11 heteroatoms. The quantitative estimate of drug-likeness (QED) is 0.506. The standard InChI is InChI=1S/C10H6F6N2O2S/c11-9(12,13)6(4-7(19)10(14,15)16)17-18-8(20)5-2-1-3-21-5/h1-4,17H,(H,18,20)/b6-4+. The average Bonchev–Trinajstić information content (AvgIpc) is 2.84. The van der Waals surface area contributed by atoms with E-state index in [1.54, 1.807) is 5.43 Å². The highest BCUT2D eigenvalue weighted by Gasteiger charge is 2.41. The highest BCUT2D eigenvalue weighted by molar-refractivity contribution is 7.12. The molecule has 1 heterocycles. The first-order valence-corrected chi connectivity index (χ1v) is 5.89. The number of nitrogens with one attached hydrogen (secondary N) is 2. The number of thiophene rings is 1. The van der Waals surface area contributed by atoms with E-state index in [4.69, 9.17) is 0 Å². The van der Waals surface area contributed by atoms with Crippen molar-refractivity contribution in [2.75, 3.05) is 0 Å². The Hall–Kier alpha value is -2.04. The number of carbonyl (C=O) groups is 2. The van der Waals surface area contributed by atoms with Gasteiger partial charge in [0.05, 0.1) is 4.88 Å². The molecule has 0 aliphatic heterocycles. The second kappa shape index (κ2) is 6.16. The summed E-state index contributed by atoms with van der Waals surface area (Å²) in [5, 5.41) is 1.47. The lowest BCUT2D eigenvalue weighted by molar-refractivity contribution is -0.166. The number of rotatable bonds is 4. The second-order valence-corrected chi connectivity index (χ2v) is 4.42. The van der Waals surface area contributed by atoms with Crippen molar-refractivity contribution in [2.24, 2.45) is 0 Å². The van der Waals surface area contributed by atoms with Crippen LogP contribution in [0.4, 0.5) is 26.3 Å². The third kappa shape index (κ3) is 5.10. The summed E-state index contributed by atoms with van der Waals surface area (Å²) in [5.41, 5.74) is 0.803. The zero-order chi connectivity index (χ0) is 16.3. The van der Waals surface area contributed by atoms with Crippen LogP contribution in [0, 0.1) is 0 Å². The largest absolute Gasteiger partial charge is 0.454 e. The van der Waals surface area contributed by atoms with Crippen molar-refractivity contribution in [1.29, 1.82) is 0 Å². The fourth-order valence-electron chi connectivity index (χ4n) is 0.995. The molecule has 0 unspecified atom stereocenters. The summed E-state index contributed by atoms with van der Waals surface area (Å²) in [5.74, 6) is -3.69. The maximum Gasteiger partial charge on any atom is 0.454 e. The zero-order valence-corrected chi connectivity index (χ0v) is 10.6. The van der Waals surface area contributed by atoms with Crippen LogP contribution < -0.4 is 10.9 Å². The van der Waals surface area contributed by atoms with Crippen molar-refractivity contribution in [2.45, 2.75) is 12.4 Å². The van der Waals surface area contributed by atoms with Crippen molar-refractivity contribution < 1.29 is 35.9 Å². The molecule has 1 rings (SSSR count). The van der Waals surface area contributed by atoms with Crippen LogP contribution in [0.1, 0.15) is 9.67 Å². The Bertz CT molecular complexity index is 547. The predicted molar refractivity (Wildman–Crippen MR) is 60.1 cm³/mol. The van der Waals surface area contributed by atoms with E-state index in [0.29, 0.717) is 0 Å². The van der Waals surface area contributed by atoms with Crippen LogP contribution in [0.15, 0.2) is 29.3 Å². The van der Waals surface area contributed by atoms with Crippen LogP contribution >= 0.6 is 11.3 Å². The van der Waals surface area contributed by atoms with Crippen molar-refractivity contribution in [3.05, 3.63) is 34.2 Å². The van der Waals surface area contributed by atoms with Crippen molar-refractivity contribution in [3.63, 3.8) is 0 Å². The van der Waals surface area contributed by atoms with Crippen LogP contribution in [-0.4, -0.2) is 24.0 Å². The van der Waals surface area contributed by atoms with Crippen LogP contribution in [0.25, 0.3) is 0 Å². The Morgan fingerprint density at radius 1 is 1.05 bits per heavy atom. The van der Waals surface area contributed by atoms with Crippen molar-refractivity contribution in [3.8, 4) is 0 Å². The summed E-state index contributed by atoms with van der Waals surface area (Å²) < 4.78 is 73.2. The topological polar surface area (TPSA) is 58.2 Å². The third-order valence-corrected chi connectivity index (χ3v) is 2.78. The highest BCUT2D eigenvalue weighted by atomic mass is 32.1. The minimum atomic E-state index is -5.45. The monoisotopic (exact) mass is 332 g/mol. The van der Waals surface area contributed by atoms with E-state index in [2.05, 4.69) is 0 Å².